The van der Waals surface area contributed by atoms with Gasteiger partial charge in [0, 0.05) is 26.2 Å². The summed E-state index contributed by atoms with van der Waals surface area (Å²) in [7, 11) is -4.05. The molecule has 2 aromatic carbocycles. The topological polar surface area (TPSA) is 157 Å². The van der Waals surface area contributed by atoms with Crippen LogP contribution in [0.15, 0.2) is 47.4 Å². The predicted molar refractivity (Wildman–Crippen MR) is 140 cm³/mol. The fraction of sp³-hybridized carbons (Fsp3) is 0.480. The Labute approximate surface area is 212 Å². The summed E-state index contributed by atoms with van der Waals surface area (Å²) < 4.78 is 28.7. The molecular formula is C25H36N6O4S. The van der Waals surface area contributed by atoms with Gasteiger partial charge >= 0.3 is 0 Å². The maximum absolute atomic E-state index is 13.1. The maximum atomic E-state index is 13.1. The average Bonchev–Trinajstić information content (AvgIpc) is 2.87. The van der Waals surface area contributed by atoms with Crippen LogP contribution in [0.3, 0.4) is 0 Å². The first-order chi connectivity index (χ1) is 17.2. The van der Waals surface area contributed by atoms with Crippen molar-refractivity contribution in [2.45, 2.75) is 50.0 Å². The molecule has 1 heterocycles. The Kier molecular flexibility index (Phi) is 9.65. The van der Waals surface area contributed by atoms with Crippen LogP contribution in [0, 0.1) is 11.3 Å². The molecule has 1 fully saturated rings. The van der Waals surface area contributed by atoms with Crippen molar-refractivity contribution < 1.29 is 18.0 Å². The van der Waals surface area contributed by atoms with Crippen molar-refractivity contribution in [3.8, 4) is 0 Å². The number of nitrogens with two attached hydrogens (primary N) is 1. The zero-order valence-corrected chi connectivity index (χ0v) is 21.4. The van der Waals surface area contributed by atoms with Crippen LogP contribution >= 0.6 is 0 Å². The molecule has 0 bridgehead atoms. The number of nitrogens with one attached hydrogen (secondary N) is 4. The monoisotopic (exact) mass is 516 g/mol. The lowest BCUT2D eigenvalue weighted by Gasteiger charge is -2.32. The minimum atomic E-state index is -4.05. The van der Waals surface area contributed by atoms with Crippen LogP contribution in [0.4, 0.5) is 0 Å². The van der Waals surface area contributed by atoms with Crippen LogP contribution in [0.25, 0.3) is 10.8 Å². The minimum absolute atomic E-state index is 0.0326. The lowest BCUT2D eigenvalue weighted by molar-refractivity contribution is -0.128. The van der Waals surface area contributed by atoms with Crippen LogP contribution in [-0.4, -0.2) is 63.3 Å². The van der Waals surface area contributed by atoms with Crippen LogP contribution in [-0.2, 0) is 19.6 Å². The molecular weight excluding hydrogens is 480 g/mol. The number of nitrogens with zero attached hydrogens (tertiary/aromatic N) is 1. The molecule has 6 N–H and O–H groups in total. The van der Waals surface area contributed by atoms with Gasteiger partial charge in [0.1, 0.15) is 6.04 Å². The van der Waals surface area contributed by atoms with E-state index in [2.05, 4.69) is 15.4 Å². The van der Waals surface area contributed by atoms with Crippen molar-refractivity contribution in [3.05, 3.63) is 42.5 Å². The number of piperidine rings is 1. The van der Waals surface area contributed by atoms with E-state index in [0.717, 1.165) is 36.5 Å². The summed E-state index contributed by atoms with van der Waals surface area (Å²) in [6, 6.07) is 10.9. The van der Waals surface area contributed by atoms with Gasteiger partial charge < -0.3 is 21.3 Å². The van der Waals surface area contributed by atoms with Crippen LogP contribution in [0.5, 0.6) is 0 Å². The van der Waals surface area contributed by atoms with Crippen molar-refractivity contribution in [1.82, 2.24) is 20.3 Å². The molecule has 2 amide bonds. The highest BCUT2D eigenvalue weighted by Gasteiger charge is 2.28. The number of unbranched alkanes of at least 4 members (excludes halogenated alkanes) is 1. The summed E-state index contributed by atoms with van der Waals surface area (Å²) >= 11 is 0. The number of carbonyl (C=O) groups is 2. The first-order valence-electron chi connectivity index (χ1n) is 12.3. The summed E-state index contributed by atoms with van der Waals surface area (Å²) in [6.45, 7) is 4.13. The highest BCUT2D eigenvalue weighted by Crippen LogP contribution is 2.20. The van der Waals surface area contributed by atoms with Crippen molar-refractivity contribution in [2.75, 3.05) is 26.2 Å². The van der Waals surface area contributed by atoms with Gasteiger partial charge in [-0.1, -0.05) is 43.7 Å². The Morgan fingerprint density at radius 3 is 2.47 bits per heavy atom. The quantitative estimate of drug-likeness (QED) is 0.173. The van der Waals surface area contributed by atoms with E-state index in [9.17, 15) is 18.0 Å². The van der Waals surface area contributed by atoms with Gasteiger partial charge in [-0.15, -0.1) is 0 Å². The van der Waals surface area contributed by atoms with E-state index in [4.69, 9.17) is 11.1 Å². The van der Waals surface area contributed by atoms with Gasteiger partial charge in [0.25, 0.3) is 0 Å². The van der Waals surface area contributed by atoms with E-state index >= 15 is 0 Å². The number of rotatable bonds is 11. The van der Waals surface area contributed by atoms with E-state index in [-0.39, 0.29) is 23.2 Å². The minimum Gasteiger partial charge on any atom is -0.370 e. The van der Waals surface area contributed by atoms with Gasteiger partial charge in [-0.3, -0.25) is 15.0 Å². The SMILES string of the molecule is CCCCNC(=O)C(CC(=O)NCC1CCN(C(=N)N)CC1)NS(=O)(=O)c1ccc2ccccc2c1. The molecule has 1 unspecified atom stereocenters. The molecule has 3 rings (SSSR count). The molecule has 1 aliphatic rings. The third kappa shape index (κ3) is 7.66. The Morgan fingerprint density at radius 2 is 1.81 bits per heavy atom. The molecule has 0 saturated carbocycles. The van der Waals surface area contributed by atoms with Gasteiger partial charge in [-0.25, -0.2) is 8.42 Å². The van der Waals surface area contributed by atoms with Crippen molar-refractivity contribution >= 4 is 38.6 Å². The van der Waals surface area contributed by atoms with E-state index in [1.54, 1.807) is 17.0 Å². The Balaban J connectivity index is 1.65. The largest absolute Gasteiger partial charge is 0.370 e. The number of amides is 2. The molecule has 196 valence electrons. The molecule has 0 radical (unpaired) electrons. The van der Waals surface area contributed by atoms with E-state index < -0.39 is 27.9 Å². The number of carbonyl (C=O) groups excluding carboxylic acids is 2. The molecule has 10 nitrogen and oxygen atoms in total. The number of benzene rings is 2. The van der Waals surface area contributed by atoms with Gasteiger partial charge in [0.05, 0.1) is 11.3 Å². The zero-order valence-electron chi connectivity index (χ0n) is 20.6. The normalized spacial score (nSPS) is 15.4. The molecule has 1 saturated heterocycles. The van der Waals surface area contributed by atoms with Crippen molar-refractivity contribution in [1.29, 1.82) is 5.41 Å². The third-order valence-corrected chi connectivity index (χ3v) is 7.88. The second kappa shape index (κ2) is 12.7. The Bertz CT molecular complexity index is 1180. The third-order valence-electron chi connectivity index (χ3n) is 6.41. The second-order valence-electron chi connectivity index (χ2n) is 9.15. The van der Waals surface area contributed by atoms with Crippen molar-refractivity contribution in [3.63, 3.8) is 0 Å². The summed E-state index contributed by atoms with van der Waals surface area (Å²) in [6.07, 6.45) is 2.89. The summed E-state index contributed by atoms with van der Waals surface area (Å²) in [5, 5.41) is 14.8. The number of guanidine groups is 1. The molecule has 1 aliphatic heterocycles. The van der Waals surface area contributed by atoms with Gasteiger partial charge in [0.15, 0.2) is 5.96 Å². The van der Waals surface area contributed by atoms with Gasteiger partial charge in [-0.05, 0) is 48.1 Å². The fourth-order valence-electron chi connectivity index (χ4n) is 4.18. The Morgan fingerprint density at radius 1 is 1.11 bits per heavy atom. The van der Waals surface area contributed by atoms with Crippen LogP contribution in [0.2, 0.25) is 0 Å². The van der Waals surface area contributed by atoms with Gasteiger partial charge in [0.2, 0.25) is 21.8 Å². The Hall–Kier alpha value is -3.18. The lowest BCUT2D eigenvalue weighted by Crippen LogP contribution is -2.49. The first-order valence-corrected chi connectivity index (χ1v) is 13.8. The number of likely N-dealkylation sites (tertiary alicyclic amines) is 1. The van der Waals surface area contributed by atoms with E-state index in [1.165, 1.54) is 6.07 Å². The lowest BCUT2D eigenvalue weighted by atomic mass is 9.97. The fourth-order valence-corrected chi connectivity index (χ4v) is 5.41. The van der Waals surface area contributed by atoms with E-state index in [1.807, 2.05) is 31.2 Å². The summed E-state index contributed by atoms with van der Waals surface area (Å²) in [5.41, 5.74) is 5.53. The molecule has 0 spiro atoms. The second-order valence-corrected chi connectivity index (χ2v) is 10.9. The molecule has 36 heavy (non-hydrogen) atoms. The van der Waals surface area contributed by atoms with E-state index in [0.29, 0.717) is 26.2 Å². The van der Waals surface area contributed by atoms with Crippen molar-refractivity contribution in [2.24, 2.45) is 11.7 Å². The van der Waals surface area contributed by atoms with Crippen LogP contribution < -0.4 is 21.1 Å². The number of hydrogen-bond acceptors (Lipinski definition) is 5. The molecule has 0 aromatic heterocycles. The summed E-state index contributed by atoms with van der Waals surface area (Å²) in [4.78, 5) is 27.4. The number of sulfonamides is 1. The zero-order chi connectivity index (χ0) is 26.1. The molecule has 0 aliphatic carbocycles. The molecule has 11 heteroatoms. The molecule has 1 atom stereocenters. The smallest absolute Gasteiger partial charge is 0.241 e. The predicted octanol–water partition coefficient (Wildman–Crippen LogP) is 1.51. The first kappa shape index (κ1) is 27.4. The summed E-state index contributed by atoms with van der Waals surface area (Å²) in [5.74, 6) is -0.651. The van der Waals surface area contributed by atoms with Gasteiger partial charge in [-0.2, -0.15) is 4.72 Å². The number of fused-ring (bicyclic) bond motifs is 1. The van der Waals surface area contributed by atoms with Crippen LogP contribution in [0.1, 0.15) is 39.0 Å². The molecule has 2 aromatic rings. The standard InChI is InChI=1S/C25H36N6O4S/c1-2-3-12-28-24(33)22(16-23(32)29-17-18-10-13-31(14-11-18)25(26)27)30-36(34,35)21-9-8-19-6-4-5-7-20(19)15-21/h4-9,15,18,22,30H,2-3,10-14,16-17H2,1H3,(H3,26,27)(H,28,33)(H,29,32). The highest BCUT2D eigenvalue weighted by molar-refractivity contribution is 7.89. The maximum Gasteiger partial charge on any atom is 0.241 e. The highest BCUT2D eigenvalue weighted by atomic mass is 32.2. The number of hydrogen-bond donors (Lipinski definition) is 5. The average molecular weight is 517 g/mol.